The van der Waals surface area contributed by atoms with Gasteiger partial charge in [0, 0.05) is 6.26 Å². The van der Waals surface area contributed by atoms with Gasteiger partial charge in [-0.1, -0.05) is 6.08 Å². The van der Waals surface area contributed by atoms with Crippen molar-refractivity contribution in [1.82, 2.24) is 0 Å². The Hall–Kier alpha value is -0.950. The molecular formula is C13H13IO3S. The zero-order valence-corrected chi connectivity index (χ0v) is 13.0. The summed E-state index contributed by atoms with van der Waals surface area (Å²) >= 11 is -0.221. The fraction of sp³-hybridized carbons (Fsp3) is 0.154. The van der Waals surface area contributed by atoms with Gasteiger partial charge in [0.15, 0.2) is 13.5 Å². The van der Waals surface area contributed by atoms with E-state index in [1.54, 1.807) is 24.3 Å². The predicted molar refractivity (Wildman–Crippen MR) is 82.1 cm³/mol. The van der Waals surface area contributed by atoms with E-state index in [0.29, 0.717) is 10.6 Å². The first-order valence-electron chi connectivity index (χ1n) is 5.28. The third-order valence-electron chi connectivity index (χ3n) is 2.28. The highest BCUT2D eigenvalue weighted by Gasteiger charge is 2.07. The number of hydrogen-bond donors (Lipinski definition) is 0. The maximum Gasteiger partial charge on any atom is 0.175 e. The van der Waals surface area contributed by atoms with E-state index in [1.807, 2.05) is 12.2 Å². The zero-order valence-electron chi connectivity index (χ0n) is 10.1. The molecule has 0 unspecified atom stereocenters. The molecule has 0 spiro atoms. The van der Waals surface area contributed by atoms with Crippen LogP contribution >= 0.6 is 20.7 Å². The van der Waals surface area contributed by atoms with Gasteiger partial charge in [-0.05, 0) is 67.7 Å². The monoisotopic (exact) mass is 376 g/mol. The molecule has 0 amide bonds. The number of allylic oxidation sites excluding steroid dienone is 2. The fourth-order valence-electron chi connectivity index (χ4n) is 1.33. The van der Waals surface area contributed by atoms with Crippen LogP contribution in [-0.2, 0) is 9.84 Å². The molecule has 0 aromatic heterocycles. The maximum absolute atomic E-state index is 11.3. The highest BCUT2D eigenvalue weighted by atomic mass is 127. The van der Waals surface area contributed by atoms with Gasteiger partial charge in [0.05, 0.1) is 4.90 Å². The molecule has 1 aliphatic rings. The molecule has 5 heteroatoms. The minimum absolute atomic E-state index is 0.221. The van der Waals surface area contributed by atoms with Gasteiger partial charge in [-0.25, -0.2) is 8.42 Å². The quantitative estimate of drug-likeness (QED) is 0.762. The van der Waals surface area contributed by atoms with E-state index in [9.17, 15) is 8.42 Å². The molecule has 0 radical (unpaired) electrons. The summed E-state index contributed by atoms with van der Waals surface area (Å²) < 4.78 is 31.5. The molecule has 96 valence electrons. The summed E-state index contributed by atoms with van der Waals surface area (Å²) in [6, 6.07) is 6.51. The summed E-state index contributed by atoms with van der Waals surface area (Å²) in [6.45, 7) is 2.06. The van der Waals surface area contributed by atoms with Crippen molar-refractivity contribution < 1.29 is 13.2 Å². The average Bonchev–Trinajstić information content (AvgIpc) is 2.32. The summed E-state index contributed by atoms with van der Waals surface area (Å²) in [5, 5.41) is 0. The van der Waals surface area contributed by atoms with Gasteiger partial charge in [0.25, 0.3) is 0 Å². The first-order valence-corrected chi connectivity index (χ1v) is 9.50. The van der Waals surface area contributed by atoms with E-state index in [4.69, 9.17) is 4.74 Å². The number of halogens is 1. The topological polar surface area (TPSA) is 43.4 Å². The molecule has 0 bridgehead atoms. The normalized spacial score (nSPS) is 15.4. The van der Waals surface area contributed by atoms with Gasteiger partial charge >= 0.3 is 0 Å². The van der Waals surface area contributed by atoms with Crippen LogP contribution in [0, 0.1) is 0 Å². The lowest BCUT2D eigenvalue weighted by Gasteiger charge is -2.08. The Morgan fingerprint density at radius 2 is 1.78 bits per heavy atom. The lowest BCUT2D eigenvalue weighted by Crippen LogP contribution is -2.03. The highest BCUT2D eigenvalue weighted by molar-refractivity contribution is 14.2. The van der Waals surface area contributed by atoms with Crippen LogP contribution in [0.2, 0.25) is 0 Å². The number of hydrogen-bond acceptors (Lipinski definition) is 3. The third kappa shape index (κ3) is 3.52. The maximum atomic E-state index is 11.3. The molecule has 1 aliphatic heterocycles. The van der Waals surface area contributed by atoms with Crippen LogP contribution in [0.4, 0.5) is 0 Å². The van der Waals surface area contributed by atoms with Crippen molar-refractivity contribution in [3.63, 3.8) is 0 Å². The Balaban J connectivity index is 2.15. The molecule has 0 aliphatic carbocycles. The number of ether oxygens (including phenoxy) is 1. The first-order chi connectivity index (χ1) is 8.45. The molecule has 0 fully saturated rings. The van der Waals surface area contributed by atoms with Crippen molar-refractivity contribution in [2.24, 2.45) is 0 Å². The SMILES string of the molecule is CC1=CI=C(Oc2ccc(S(C)(=O)=O)cc2)C=C1. The fourth-order valence-corrected chi connectivity index (χ4v) is 3.74. The standard InChI is InChI=1S/C13H13IO3S/c1-10-3-8-13(14-9-10)17-11-4-6-12(7-5-11)18(2,15)16/h3-9H,1-2H3. The third-order valence-corrected chi connectivity index (χ3v) is 5.89. The van der Waals surface area contributed by atoms with Crippen LogP contribution in [0.3, 0.4) is 0 Å². The van der Waals surface area contributed by atoms with Crippen LogP contribution in [0.25, 0.3) is 0 Å². The molecule has 0 saturated carbocycles. The van der Waals surface area contributed by atoms with E-state index < -0.39 is 9.84 Å². The van der Waals surface area contributed by atoms with Gasteiger partial charge in [-0.2, -0.15) is 0 Å². The molecule has 0 N–H and O–H groups in total. The molecule has 1 aromatic carbocycles. The lowest BCUT2D eigenvalue weighted by molar-refractivity contribution is 0.569. The Bertz CT molecular complexity index is 637. The Morgan fingerprint density at radius 1 is 1.11 bits per heavy atom. The van der Waals surface area contributed by atoms with E-state index in [1.165, 1.54) is 11.8 Å². The van der Waals surface area contributed by atoms with E-state index >= 15 is 0 Å². The Kier molecular flexibility index (Phi) is 4.01. The van der Waals surface area contributed by atoms with Crippen molar-refractivity contribution in [2.75, 3.05) is 6.26 Å². The molecule has 1 aromatic rings. The minimum atomic E-state index is -3.14. The number of sulfone groups is 1. The lowest BCUT2D eigenvalue weighted by atomic mass is 10.3. The van der Waals surface area contributed by atoms with Crippen molar-refractivity contribution in [3.8, 4) is 5.75 Å². The second-order valence-electron chi connectivity index (χ2n) is 3.95. The smallest absolute Gasteiger partial charge is 0.175 e. The van der Waals surface area contributed by atoms with E-state index in [-0.39, 0.29) is 20.7 Å². The minimum Gasteiger partial charge on any atom is -0.451 e. The summed E-state index contributed by atoms with van der Waals surface area (Å²) in [6.07, 6.45) is 5.19. The summed E-state index contributed by atoms with van der Waals surface area (Å²) in [4.78, 5) is 0.310. The van der Waals surface area contributed by atoms with Crippen molar-refractivity contribution in [3.05, 3.63) is 46.1 Å². The van der Waals surface area contributed by atoms with Gasteiger partial charge < -0.3 is 4.74 Å². The molecule has 1 heterocycles. The summed E-state index contributed by atoms with van der Waals surface area (Å²) in [5.74, 6) is 0.676. The number of benzene rings is 1. The van der Waals surface area contributed by atoms with Crippen LogP contribution in [-0.4, -0.2) is 18.4 Å². The molecular weight excluding hydrogens is 363 g/mol. The van der Waals surface area contributed by atoms with Crippen LogP contribution in [0.1, 0.15) is 6.92 Å². The predicted octanol–water partition coefficient (Wildman–Crippen LogP) is 3.04. The number of rotatable bonds is 3. The van der Waals surface area contributed by atoms with Crippen LogP contribution < -0.4 is 4.74 Å². The largest absolute Gasteiger partial charge is 0.451 e. The molecule has 0 saturated heterocycles. The molecule has 3 nitrogen and oxygen atoms in total. The zero-order chi connectivity index (χ0) is 13.2. The van der Waals surface area contributed by atoms with Crippen LogP contribution in [0.15, 0.2) is 51.0 Å². The first kappa shape index (κ1) is 13.5. The summed E-state index contributed by atoms with van der Waals surface area (Å²) in [5.41, 5.74) is 1.27. The summed E-state index contributed by atoms with van der Waals surface area (Å²) in [7, 11) is -3.14. The van der Waals surface area contributed by atoms with Crippen LogP contribution in [0.5, 0.6) is 5.75 Å². The Morgan fingerprint density at radius 3 is 2.28 bits per heavy atom. The van der Waals surface area contributed by atoms with Gasteiger partial charge in [0.2, 0.25) is 0 Å². The van der Waals surface area contributed by atoms with Gasteiger partial charge in [-0.15, -0.1) is 0 Å². The molecule has 0 atom stereocenters. The average molecular weight is 376 g/mol. The van der Waals surface area contributed by atoms with Gasteiger partial charge in [0.1, 0.15) is 5.75 Å². The second-order valence-corrected chi connectivity index (χ2v) is 8.27. The van der Waals surface area contributed by atoms with E-state index in [2.05, 4.69) is 11.0 Å². The van der Waals surface area contributed by atoms with Gasteiger partial charge in [-0.3, -0.25) is 0 Å². The molecule has 18 heavy (non-hydrogen) atoms. The highest BCUT2D eigenvalue weighted by Crippen LogP contribution is 2.20. The molecule has 2 rings (SSSR count). The second kappa shape index (κ2) is 5.36. The van der Waals surface area contributed by atoms with E-state index in [0.717, 1.165) is 3.69 Å². The Labute approximate surface area is 117 Å². The van der Waals surface area contributed by atoms with Crippen molar-refractivity contribution in [1.29, 1.82) is 0 Å². The van der Waals surface area contributed by atoms with Crippen molar-refractivity contribution in [2.45, 2.75) is 11.8 Å². The van der Waals surface area contributed by atoms with Crippen molar-refractivity contribution >= 4 is 34.3 Å².